The highest BCUT2D eigenvalue weighted by Gasteiger charge is 2.22. The van der Waals surface area contributed by atoms with Crippen molar-refractivity contribution >= 4 is 5.91 Å². The van der Waals surface area contributed by atoms with Gasteiger partial charge in [-0.25, -0.2) is 0 Å². The molecule has 0 spiro atoms. The Morgan fingerprint density at radius 2 is 2.00 bits per heavy atom. The van der Waals surface area contributed by atoms with Crippen molar-refractivity contribution in [2.75, 3.05) is 6.61 Å². The summed E-state index contributed by atoms with van der Waals surface area (Å²) in [6, 6.07) is 7.60. The van der Waals surface area contributed by atoms with Crippen LogP contribution < -0.4 is 14.8 Å². The molecule has 4 heteroatoms. The van der Waals surface area contributed by atoms with Gasteiger partial charge in [-0.2, -0.15) is 0 Å². The van der Waals surface area contributed by atoms with Gasteiger partial charge in [0, 0.05) is 12.0 Å². The minimum absolute atomic E-state index is 0.0509. The van der Waals surface area contributed by atoms with Crippen molar-refractivity contribution in [3.05, 3.63) is 24.3 Å². The van der Waals surface area contributed by atoms with Crippen molar-refractivity contribution in [2.45, 2.75) is 45.3 Å². The maximum absolute atomic E-state index is 11.7. The summed E-state index contributed by atoms with van der Waals surface area (Å²) in [5.74, 6) is 1.59. The summed E-state index contributed by atoms with van der Waals surface area (Å²) in [5.41, 5.74) is -0.187. The first-order chi connectivity index (χ1) is 8.94. The molecule has 1 N–H and O–H groups in total. The van der Waals surface area contributed by atoms with Gasteiger partial charge in [-0.05, 0) is 39.3 Å². The zero-order chi connectivity index (χ0) is 13.9. The minimum Gasteiger partial charge on any atom is -0.486 e. The summed E-state index contributed by atoms with van der Waals surface area (Å²) >= 11 is 0. The lowest BCUT2D eigenvalue weighted by Crippen LogP contribution is -2.41. The molecule has 0 radical (unpaired) electrons. The van der Waals surface area contributed by atoms with Crippen LogP contribution in [0.25, 0.3) is 0 Å². The number of para-hydroxylation sites is 2. The summed E-state index contributed by atoms with van der Waals surface area (Å²) in [6.07, 6.45) is 1.06. The molecule has 1 atom stereocenters. The van der Waals surface area contributed by atoms with Gasteiger partial charge in [-0.3, -0.25) is 4.79 Å². The van der Waals surface area contributed by atoms with E-state index in [-0.39, 0.29) is 17.6 Å². The molecule has 0 aliphatic carbocycles. The van der Waals surface area contributed by atoms with Crippen molar-refractivity contribution in [2.24, 2.45) is 0 Å². The Balaban J connectivity index is 1.81. The van der Waals surface area contributed by atoms with Crippen LogP contribution in [0.5, 0.6) is 11.5 Å². The number of amides is 1. The lowest BCUT2D eigenvalue weighted by Gasteiger charge is -2.27. The molecule has 19 heavy (non-hydrogen) atoms. The van der Waals surface area contributed by atoms with Crippen LogP contribution in [0.15, 0.2) is 24.3 Å². The Morgan fingerprint density at radius 3 is 2.68 bits per heavy atom. The number of carbonyl (C=O) groups excluding carboxylic acids is 1. The standard InChI is InChI=1S/C15H21NO3/c1-15(2,3)16-14(17)9-8-11-10-18-12-6-4-5-7-13(12)19-11/h4-7,11H,8-10H2,1-3H3,(H,16,17)/t11-/m1/s1. The van der Waals surface area contributed by atoms with Gasteiger partial charge in [0.05, 0.1) is 0 Å². The third-order valence-electron chi connectivity index (χ3n) is 2.78. The maximum Gasteiger partial charge on any atom is 0.220 e. The molecule has 0 bridgehead atoms. The van der Waals surface area contributed by atoms with Crippen LogP contribution in [-0.4, -0.2) is 24.2 Å². The van der Waals surface area contributed by atoms with Crippen molar-refractivity contribution in [3.8, 4) is 11.5 Å². The monoisotopic (exact) mass is 263 g/mol. The van der Waals surface area contributed by atoms with E-state index in [1.54, 1.807) is 0 Å². The first-order valence-electron chi connectivity index (χ1n) is 6.63. The van der Waals surface area contributed by atoms with E-state index >= 15 is 0 Å². The zero-order valence-corrected chi connectivity index (χ0v) is 11.7. The first kappa shape index (κ1) is 13.7. The molecule has 1 aromatic rings. The number of hydrogen-bond acceptors (Lipinski definition) is 3. The molecular weight excluding hydrogens is 242 g/mol. The van der Waals surface area contributed by atoms with Crippen molar-refractivity contribution in [1.29, 1.82) is 0 Å². The highest BCUT2D eigenvalue weighted by atomic mass is 16.6. The molecular formula is C15H21NO3. The van der Waals surface area contributed by atoms with Crippen LogP contribution in [0.4, 0.5) is 0 Å². The number of carbonyl (C=O) groups is 1. The highest BCUT2D eigenvalue weighted by molar-refractivity contribution is 5.76. The second-order valence-electron chi connectivity index (χ2n) is 5.83. The summed E-state index contributed by atoms with van der Waals surface area (Å²) in [5, 5.41) is 2.94. The van der Waals surface area contributed by atoms with Crippen molar-refractivity contribution in [1.82, 2.24) is 5.32 Å². The molecule has 4 nitrogen and oxygen atoms in total. The number of fused-ring (bicyclic) bond motifs is 1. The number of rotatable bonds is 3. The molecule has 1 aliphatic heterocycles. The molecule has 0 aromatic heterocycles. The fourth-order valence-electron chi connectivity index (χ4n) is 1.98. The second-order valence-corrected chi connectivity index (χ2v) is 5.83. The van der Waals surface area contributed by atoms with E-state index in [0.29, 0.717) is 19.4 Å². The average Bonchev–Trinajstić information content (AvgIpc) is 2.34. The topological polar surface area (TPSA) is 47.6 Å². The number of hydrogen-bond donors (Lipinski definition) is 1. The molecule has 1 amide bonds. The number of benzene rings is 1. The van der Waals surface area contributed by atoms with Crippen molar-refractivity contribution < 1.29 is 14.3 Å². The predicted octanol–water partition coefficient (Wildman–Crippen LogP) is 2.52. The predicted molar refractivity (Wildman–Crippen MR) is 73.5 cm³/mol. The van der Waals surface area contributed by atoms with Gasteiger partial charge in [0.2, 0.25) is 5.91 Å². The Hall–Kier alpha value is -1.71. The summed E-state index contributed by atoms with van der Waals surface area (Å²) in [4.78, 5) is 11.7. The molecule has 1 aromatic carbocycles. The highest BCUT2D eigenvalue weighted by Crippen LogP contribution is 2.31. The van der Waals surface area contributed by atoms with Gasteiger partial charge in [0.25, 0.3) is 0 Å². The van der Waals surface area contributed by atoms with Crippen LogP contribution in [0, 0.1) is 0 Å². The SMILES string of the molecule is CC(C)(C)NC(=O)CC[C@@H]1COc2ccccc2O1. The Labute approximate surface area is 114 Å². The molecule has 0 unspecified atom stereocenters. The van der Waals surface area contributed by atoms with E-state index < -0.39 is 0 Å². The third kappa shape index (κ3) is 4.16. The molecule has 1 aliphatic rings. The third-order valence-corrected chi connectivity index (χ3v) is 2.78. The Morgan fingerprint density at radius 1 is 1.32 bits per heavy atom. The molecule has 0 fully saturated rings. The van der Waals surface area contributed by atoms with E-state index in [0.717, 1.165) is 11.5 Å². The fraction of sp³-hybridized carbons (Fsp3) is 0.533. The van der Waals surface area contributed by atoms with Crippen LogP contribution in [-0.2, 0) is 4.79 Å². The normalized spacial score (nSPS) is 17.9. The van der Waals surface area contributed by atoms with E-state index in [2.05, 4.69) is 5.32 Å². The lowest BCUT2D eigenvalue weighted by atomic mass is 10.1. The van der Waals surface area contributed by atoms with Gasteiger partial charge in [-0.1, -0.05) is 12.1 Å². The Kier molecular flexibility index (Phi) is 3.98. The average molecular weight is 263 g/mol. The van der Waals surface area contributed by atoms with Crippen LogP contribution in [0.1, 0.15) is 33.6 Å². The largest absolute Gasteiger partial charge is 0.486 e. The number of ether oxygens (including phenoxy) is 2. The van der Waals surface area contributed by atoms with E-state index in [1.165, 1.54) is 0 Å². The van der Waals surface area contributed by atoms with Crippen LogP contribution >= 0.6 is 0 Å². The van der Waals surface area contributed by atoms with Crippen LogP contribution in [0.2, 0.25) is 0 Å². The molecule has 2 rings (SSSR count). The quantitative estimate of drug-likeness (QED) is 0.911. The van der Waals surface area contributed by atoms with Gasteiger partial charge in [-0.15, -0.1) is 0 Å². The number of nitrogens with one attached hydrogen (secondary N) is 1. The van der Waals surface area contributed by atoms with E-state index in [9.17, 15) is 4.79 Å². The summed E-state index contributed by atoms with van der Waals surface area (Å²) < 4.78 is 11.4. The molecule has 1 heterocycles. The smallest absolute Gasteiger partial charge is 0.220 e. The fourth-order valence-corrected chi connectivity index (χ4v) is 1.98. The summed E-state index contributed by atoms with van der Waals surface area (Å²) in [6.45, 7) is 6.42. The lowest BCUT2D eigenvalue weighted by molar-refractivity contribution is -0.123. The van der Waals surface area contributed by atoms with Gasteiger partial charge >= 0.3 is 0 Å². The summed E-state index contributed by atoms with van der Waals surface area (Å²) in [7, 11) is 0. The van der Waals surface area contributed by atoms with Gasteiger partial charge in [0.1, 0.15) is 12.7 Å². The Bertz CT molecular complexity index is 451. The molecule has 0 saturated carbocycles. The molecule has 104 valence electrons. The van der Waals surface area contributed by atoms with Crippen molar-refractivity contribution in [3.63, 3.8) is 0 Å². The zero-order valence-electron chi connectivity index (χ0n) is 11.7. The maximum atomic E-state index is 11.7. The molecule has 0 saturated heterocycles. The van der Waals surface area contributed by atoms with E-state index in [4.69, 9.17) is 9.47 Å². The van der Waals surface area contributed by atoms with Crippen LogP contribution in [0.3, 0.4) is 0 Å². The minimum atomic E-state index is -0.187. The first-order valence-corrected chi connectivity index (χ1v) is 6.63. The van der Waals surface area contributed by atoms with Gasteiger partial charge < -0.3 is 14.8 Å². The van der Waals surface area contributed by atoms with Gasteiger partial charge in [0.15, 0.2) is 11.5 Å². The van der Waals surface area contributed by atoms with E-state index in [1.807, 2.05) is 45.0 Å². The second kappa shape index (κ2) is 5.51.